The van der Waals surface area contributed by atoms with Crippen LogP contribution in [0.1, 0.15) is 37.4 Å². The third kappa shape index (κ3) is 2.94. The Morgan fingerprint density at radius 2 is 2.67 bits per heavy atom. The van der Waals surface area contributed by atoms with Crippen molar-refractivity contribution < 1.29 is 4.74 Å². The van der Waals surface area contributed by atoms with Gasteiger partial charge in [-0.3, -0.25) is 11.3 Å². The molecule has 1 saturated heterocycles. The number of hydrogen-bond acceptors (Lipinski definition) is 6. The number of hydrazine groups is 1. The minimum atomic E-state index is 0.105. The van der Waals surface area contributed by atoms with E-state index < -0.39 is 0 Å². The Kier molecular flexibility index (Phi) is 4.01. The minimum Gasteiger partial charge on any atom is -0.378 e. The maximum Gasteiger partial charge on any atom is 0.0925 e. The van der Waals surface area contributed by atoms with E-state index in [1.54, 1.807) is 6.20 Å². The smallest absolute Gasteiger partial charge is 0.0925 e. The molecule has 0 aliphatic carbocycles. The average molecular weight is 228 g/mol. The molecule has 5 nitrogen and oxygen atoms in total. The van der Waals surface area contributed by atoms with Gasteiger partial charge in [0, 0.05) is 6.61 Å². The lowest BCUT2D eigenvalue weighted by Gasteiger charge is -2.15. The first-order valence-electron chi connectivity index (χ1n) is 5.25. The lowest BCUT2D eigenvalue weighted by Crippen LogP contribution is -2.29. The summed E-state index contributed by atoms with van der Waals surface area (Å²) in [6.45, 7) is 0.906. The van der Waals surface area contributed by atoms with Gasteiger partial charge in [0.05, 0.1) is 35.8 Å². The predicted molar refractivity (Wildman–Crippen MR) is 58.2 cm³/mol. The van der Waals surface area contributed by atoms with Crippen LogP contribution in [0.3, 0.4) is 0 Å². The normalized spacial score (nSPS) is 23.1. The zero-order valence-corrected chi connectivity index (χ0v) is 9.37. The molecule has 2 atom stereocenters. The molecule has 2 heterocycles. The summed E-state index contributed by atoms with van der Waals surface area (Å²) in [5, 5.41) is 0. The molecule has 0 bridgehead atoms. The number of nitrogens with one attached hydrogen (secondary N) is 1. The SMILES string of the molecule is NNC(CCC1CCCO1)c1cnsn1. The van der Waals surface area contributed by atoms with E-state index in [1.165, 1.54) is 24.6 Å². The Morgan fingerprint density at radius 1 is 1.73 bits per heavy atom. The van der Waals surface area contributed by atoms with Crippen molar-refractivity contribution in [2.24, 2.45) is 5.84 Å². The van der Waals surface area contributed by atoms with E-state index in [4.69, 9.17) is 10.6 Å². The molecule has 0 radical (unpaired) electrons. The first-order valence-corrected chi connectivity index (χ1v) is 5.98. The van der Waals surface area contributed by atoms with Crippen LogP contribution in [0.15, 0.2) is 6.20 Å². The van der Waals surface area contributed by atoms with Crippen molar-refractivity contribution in [3.63, 3.8) is 0 Å². The summed E-state index contributed by atoms with van der Waals surface area (Å²) in [5.41, 5.74) is 3.71. The lowest BCUT2D eigenvalue weighted by molar-refractivity contribution is 0.0995. The third-order valence-corrected chi connectivity index (χ3v) is 3.23. The van der Waals surface area contributed by atoms with Crippen LogP contribution in [0, 0.1) is 0 Å². The molecule has 1 aromatic rings. The van der Waals surface area contributed by atoms with E-state index in [0.29, 0.717) is 6.10 Å². The zero-order valence-electron chi connectivity index (χ0n) is 8.56. The number of aromatic nitrogens is 2. The number of rotatable bonds is 5. The van der Waals surface area contributed by atoms with Gasteiger partial charge in [-0.1, -0.05) is 0 Å². The van der Waals surface area contributed by atoms with Crippen LogP contribution in [0.25, 0.3) is 0 Å². The summed E-state index contributed by atoms with van der Waals surface area (Å²) in [5.74, 6) is 5.49. The Labute approximate surface area is 93.3 Å². The van der Waals surface area contributed by atoms with Gasteiger partial charge in [0.25, 0.3) is 0 Å². The van der Waals surface area contributed by atoms with E-state index in [1.807, 2.05) is 0 Å². The molecular weight excluding hydrogens is 212 g/mol. The molecule has 3 N–H and O–H groups in total. The topological polar surface area (TPSA) is 73.1 Å². The molecule has 0 saturated carbocycles. The van der Waals surface area contributed by atoms with Gasteiger partial charge >= 0.3 is 0 Å². The summed E-state index contributed by atoms with van der Waals surface area (Å²) in [4.78, 5) is 0. The molecule has 84 valence electrons. The van der Waals surface area contributed by atoms with Crippen LogP contribution in [-0.4, -0.2) is 21.5 Å². The Morgan fingerprint density at radius 3 is 3.27 bits per heavy atom. The monoisotopic (exact) mass is 228 g/mol. The first-order chi connectivity index (χ1) is 7.40. The first kappa shape index (κ1) is 10.9. The van der Waals surface area contributed by atoms with Crippen LogP contribution in [0.5, 0.6) is 0 Å². The van der Waals surface area contributed by atoms with Crippen molar-refractivity contribution in [3.05, 3.63) is 11.9 Å². The van der Waals surface area contributed by atoms with E-state index in [0.717, 1.165) is 25.1 Å². The fraction of sp³-hybridized carbons (Fsp3) is 0.778. The predicted octanol–water partition coefficient (Wildman–Crippen LogP) is 1.00. The van der Waals surface area contributed by atoms with E-state index in [-0.39, 0.29) is 6.04 Å². The molecule has 1 aromatic heterocycles. The Hall–Kier alpha value is -0.560. The molecule has 2 unspecified atom stereocenters. The van der Waals surface area contributed by atoms with Gasteiger partial charge in [0.15, 0.2) is 0 Å². The van der Waals surface area contributed by atoms with Gasteiger partial charge < -0.3 is 4.74 Å². The maximum atomic E-state index is 5.56. The van der Waals surface area contributed by atoms with Crippen LogP contribution in [0.4, 0.5) is 0 Å². The van der Waals surface area contributed by atoms with Gasteiger partial charge in [0.2, 0.25) is 0 Å². The standard InChI is InChI=1S/C9H16N4OS/c10-12-8(9-6-11-15-13-9)4-3-7-2-1-5-14-7/h6-8,12H,1-5,10H2. The van der Waals surface area contributed by atoms with Gasteiger partial charge in [0.1, 0.15) is 0 Å². The number of ether oxygens (including phenoxy) is 1. The molecule has 15 heavy (non-hydrogen) atoms. The van der Waals surface area contributed by atoms with E-state index >= 15 is 0 Å². The van der Waals surface area contributed by atoms with Crippen molar-refractivity contribution in [3.8, 4) is 0 Å². The third-order valence-electron chi connectivity index (χ3n) is 2.74. The van der Waals surface area contributed by atoms with Crippen molar-refractivity contribution >= 4 is 11.7 Å². The summed E-state index contributed by atoms with van der Waals surface area (Å²) in [6, 6.07) is 0.105. The quantitative estimate of drug-likeness (QED) is 0.581. The molecular formula is C9H16N4OS. The second kappa shape index (κ2) is 5.50. The fourth-order valence-corrected chi connectivity index (χ4v) is 2.34. The van der Waals surface area contributed by atoms with Crippen molar-refractivity contribution in [1.82, 2.24) is 14.2 Å². The molecule has 2 rings (SSSR count). The zero-order chi connectivity index (χ0) is 10.5. The maximum absolute atomic E-state index is 5.56. The average Bonchev–Trinajstić information content (AvgIpc) is 2.90. The Bertz CT molecular complexity index is 274. The van der Waals surface area contributed by atoms with Gasteiger partial charge in [-0.15, -0.1) is 0 Å². The molecule has 1 fully saturated rings. The highest BCUT2D eigenvalue weighted by molar-refractivity contribution is 6.99. The summed E-state index contributed by atoms with van der Waals surface area (Å²) >= 11 is 1.21. The lowest BCUT2D eigenvalue weighted by atomic mass is 10.0. The van der Waals surface area contributed by atoms with Gasteiger partial charge in [-0.2, -0.15) is 8.75 Å². The summed E-state index contributed by atoms with van der Waals surface area (Å²) in [6.07, 6.45) is 6.52. The highest BCUT2D eigenvalue weighted by atomic mass is 32.1. The van der Waals surface area contributed by atoms with Gasteiger partial charge in [-0.25, -0.2) is 0 Å². The Balaban J connectivity index is 1.80. The fourth-order valence-electron chi connectivity index (χ4n) is 1.87. The van der Waals surface area contributed by atoms with E-state index in [9.17, 15) is 0 Å². The van der Waals surface area contributed by atoms with Crippen molar-refractivity contribution in [2.75, 3.05) is 6.61 Å². The van der Waals surface area contributed by atoms with Crippen LogP contribution >= 0.6 is 11.7 Å². The van der Waals surface area contributed by atoms with Crippen LogP contribution in [-0.2, 0) is 4.74 Å². The summed E-state index contributed by atoms with van der Waals surface area (Å²) < 4.78 is 13.7. The molecule has 1 aliphatic heterocycles. The molecule has 0 spiro atoms. The number of nitrogens with zero attached hydrogens (tertiary/aromatic N) is 2. The highest BCUT2D eigenvalue weighted by Crippen LogP contribution is 2.22. The van der Waals surface area contributed by atoms with E-state index in [2.05, 4.69) is 14.2 Å². The molecule has 0 aromatic carbocycles. The van der Waals surface area contributed by atoms with Crippen LogP contribution in [0.2, 0.25) is 0 Å². The highest BCUT2D eigenvalue weighted by Gasteiger charge is 2.19. The number of nitrogens with two attached hydrogens (primary N) is 1. The van der Waals surface area contributed by atoms with Crippen molar-refractivity contribution in [1.29, 1.82) is 0 Å². The number of hydrogen-bond donors (Lipinski definition) is 2. The largest absolute Gasteiger partial charge is 0.378 e. The van der Waals surface area contributed by atoms with Gasteiger partial charge in [-0.05, 0) is 25.7 Å². The van der Waals surface area contributed by atoms with Crippen LogP contribution < -0.4 is 11.3 Å². The van der Waals surface area contributed by atoms with Crippen molar-refractivity contribution in [2.45, 2.75) is 37.8 Å². The molecule has 0 amide bonds. The minimum absolute atomic E-state index is 0.105. The molecule has 6 heteroatoms. The molecule has 1 aliphatic rings. The second-order valence-electron chi connectivity index (χ2n) is 3.76. The second-order valence-corrected chi connectivity index (χ2v) is 4.32. The summed E-state index contributed by atoms with van der Waals surface area (Å²) in [7, 11) is 0.